The minimum Gasteiger partial charge on any atom is -0.466 e. The van der Waals surface area contributed by atoms with Crippen LogP contribution in [0.5, 0.6) is 0 Å². The van der Waals surface area contributed by atoms with Gasteiger partial charge in [-0.05, 0) is 46.8 Å². The molecule has 0 aliphatic heterocycles. The predicted molar refractivity (Wildman–Crippen MR) is 71.5 cm³/mol. The molecule has 0 aliphatic carbocycles. The topological polar surface area (TPSA) is 25.2 Å². The average molecular weight is 288 g/mol. The average Bonchev–Trinajstić information content (AvgIpc) is 2.65. The number of furan rings is 1. The van der Waals surface area contributed by atoms with Crippen LogP contribution in [0.2, 0.25) is 0 Å². The van der Waals surface area contributed by atoms with Gasteiger partial charge in [0.25, 0.3) is 0 Å². The molecule has 3 heteroatoms. The van der Waals surface area contributed by atoms with Gasteiger partial charge in [0.15, 0.2) is 0 Å². The molecule has 0 fully saturated rings. The monoisotopic (exact) mass is 287 g/mol. The van der Waals surface area contributed by atoms with E-state index in [1.54, 1.807) is 6.26 Å². The Morgan fingerprint density at radius 2 is 2.12 bits per heavy atom. The molecule has 1 unspecified atom stereocenters. The summed E-state index contributed by atoms with van der Waals surface area (Å²) in [5.41, 5.74) is 0.190. The Hall–Kier alpha value is -0.280. The second kappa shape index (κ2) is 5.87. The van der Waals surface area contributed by atoms with Crippen molar-refractivity contribution in [2.24, 2.45) is 5.41 Å². The third kappa shape index (κ3) is 3.11. The van der Waals surface area contributed by atoms with E-state index in [-0.39, 0.29) is 11.5 Å². The SMILES string of the molecule is CCCNC(c1occc1Br)C(C)(C)CC. The molecule has 1 aromatic heterocycles. The van der Waals surface area contributed by atoms with Gasteiger partial charge < -0.3 is 9.73 Å². The number of halogens is 1. The van der Waals surface area contributed by atoms with E-state index >= 15 is 0 Å². The smallest absolute Gasteiger partial charge is 0.135 e. The maximum atomic E-state index is 5.60. The predicted octanol–water partition coefficient (Wildman–Crippen LogP) is 4.52. The fourth-order valence-electron chi connectivity index (χ4n) is 1.73. The highest BCUT2D eigenvalue weighted by molar-refractivity contribution is 9.10. The summed E-state index contributed by atoms with van der Waals surface area (Å²) in [6.07, 6.45) is 3.99. The van der Waals surface area contributed by atoms with E-state index in [2.05, 4.69) is 48.9 Å². The molecule has 0 aliphatic rings. The zero-order valence-electron chi connectivity index (χ0n) is 10.6. The highest BCUT2D eigenvalue weighted by Crippen LogP contribution is 2.39. The quantitative estimate of drug-likeness (QED) is 0.832. The van der Waals surface area contributed by atoms with Crippen molar-refractivity contribution in [1.29, 1.82) is 0 Å². The molecule has 0 radical (unpaired) electrons. The van der Waals surface area contributed by atoms with Gasteiger partial charge >= 0.3 is 0 Å². The van der Waals surface area contributed by atoms with Crippen molar-refractivity contribution in [3.8, 4) is 0 Å². The molecule has 0 aromatic carbocycles. The summed E-state index contributed by atoms with van der Waals surface area (Å²) in [6, 6.07) is 2.23. The first-order valence-corrected chi connectivity index (χ1v) is 6.78. The van der Waals surface area contributed by atoms with Gasteiger partial charge in [0, 0.05) is 0 Å². The second-order valence-corrected chi connectivity index (χ2v) is 5.72. The van der Waals surface area contributed by atoms with Crippen LogP contribution in [0.1, 0.15) is 52.3 Å². The van der Waals surface area contributed by atoms with Crippen molar-refractivity contribution in [1.82, 2.24) is 5.32 Å². The number of nitrogens with one attached hydrogen (secondary N) is 1. The first-order valence-electron chi connectivity index (χ1n) is 5.99. The normalized spacial score (nSPS) is 14.1. The molecule has 1 atom stereocenters. The molecule has 92 valence electrons. The molecule has 16 heavy (non-hydrogen) atoms. The van der Waals surface area contributed by atoms with Gasteiger partial charge in [-0.2, -0.15) is 0 Å². The fraction of sp³-hybridized carbons (Fsp3) is 0.692. The second-order valence-electron chi connectivity index (χ2n) is 4.86. The molecule has 0 saturated carbocycles. The molecule has 2 nitrogen and oxygen atoms in total. The highest BCUT2D eigenvalue weighted by atomic mass is 79.9. The van der Waals surface area contributed by atoms with Crippen LogP contribution in [0.15, 0.2) is 21.2 Å². The lowest BCUT2D eigenvalue weighted by Crippen LogP contribution is -2.34. The molecule has 1 rings (SSSR count). The first-order chi connectivity index (χ1) is 7.53. The Labute approximate surface area is 107 Å². The third-order valence-electron chi connectivity index (χ3n) is 3.20. The van der Waals surface area contributed by atoms with E-state index in [0.29, 0.717) is 0 Å². The van der Waals surface area contributed by atoms with E-state index in [9.17, 15) is 0 Å². The van der Waals surface area contributed by atoms with E-state index < -0.39 is 0 Å². The Kier molecular flexibility index (Phi) is 5.06. The zero-order valence-corrected chi connectivity index (χ0v) is 12.2. The maximum absolute atomic E-state index is 5.60. The lowest BCUT2D eigenvalue weighted by molar-refractivity contribution is 0.205. The molecule has 1 heterocycles. The van der Waals surface area contributed by atoms with E-state index in [1.165, 1.54) is 0 Å². The molecule has 1 aromatic rings. The summed E-state index contributed by atoms with van der Waals surface area (Å²) in [6.45, 7) is 9.96. The molecule has 1 N–H and O–H groups in total. The van der Waals surface area contributed by atoms with Crippen LogP contribution in [-0.2, 0) is 0 Å². The van der Waals surface area contributed by atoms with E-state index in [0.717, 1.165) is 29.6 Å². The van der Waals surface area contributed by atoms with Gasteiger partial charge in [0.05, 0.1) is 16.8 Å². The van der Waals surface area contributed by atoms with Crippen LogP contribution in [0.3, 0.4) is 0 Å². The largest absolute Gasteiger partial charge is 0.466 e. The van der Waals surface area contributed by atoms with Gasteiger partial charge in [0.2, 0.25) is 0 Å². The Morgan fingerprint density at radius 1 is 1.44 bits per heavy atom. The number of hydrogen-bond acceptors (Lipinski definition) is 2. The van der Waals surface area contributed by atoms with Gasteiger partial charge in [-0.1, -0.05) is 27.7 Å². The molecule has 0 spiro atoms. The summed E-state index contributed by atoms with van der Waals surface area (Å²) in [4.78, 5) is 0. The standard InChI is InChI=1S/C13H22BrNO/c1-5-8-15-12(13(3,4)6-2)11-10(14)7-9-16-11/h7,9,12,15H,5-6,8H2,1-4H3. The maximum Gasteiger partial charge on any atom is 0.135 e. The van der Waals surface area contributed by atoms with Crippen LogP contribution in [-0.4, -0.2) is 6.54 Å². The number of rotatable bonds is 6. The first kappa shape index (κ1) is 13.8. The van der Waals surface area contributed by atoms with Gasteiger partial charge in [-0.25, -0.2) is 0 Å². The third-order valence-corrected chi connectivity index (χ3v) is 3.85. The summed E-state index contributed by atoms with van der Waals surface area (Å²) in [7, 11) is 0. The van der Waals surface area contributed by atoms with Crippen LogP contribution in [0.25, 0.3) is 0 Å². The zero-order chi connectivity index (χ0) is 12.2. The molecule has 0 bridgehead atoms. The van der Waals surface area contributed by atoms with Gasteiger partial charge in [-0.3, -0.25) is 0 Å². The van der Waals surface area contributed by atoms with Gasteiger partial charge in [0.1, 0.15) is 5.76 Å². The molecular formula is C13H22BrNO. The van der Waals surface area contributed by atoms with E-state index in [4.69, 9.17) is 4.42 Å². The summed E-state index contributed by atoms with van der Waals surface area (Å²) >= 11 is 3.55. The van der Waals surface area contributed by atoms with Crippen LogP contribution in [0, 0.1) is 5.41 Å². The molecule has 0 saturated heterocycles. The van der Waals surface area contributed by atoms with Crippen molar-refractivity contribution in [2.45, 2.75) is 46.6 Å². The lowest BCUT2D eigenvalue weighted by atomic mass is 9.80. The molecule has 0 amide bonds. The highest BCUT2D eigenvalue weighted by Gasteiger charge is 2.32. The van der Waals surface area contributed by atoms with Crippen LogP contribution >= 0.6 is 15.9 Å². The van der Waals surface area contributed by atoms with Crippen LogP contribution < -0.4 is 5.32 Å². The van der Waals surface area contributed by atoms with Crippen molar-refractivity contribution in [3.05, 3.63) is 22.6 Å². The van der Waals surface area contributed by atoms with Crippen molar-refractivity contribution in [3.63, 3.8) is 0 Å². The number of hydrogen-bond donors (Lipinski definition) is 1. The minimum absolute atomic E-state index is 0.190. The Balaban J connectivity index is 2.92. The summed E-state index contributed by atoms with van der Waals surface area (Å²) in [5.74, 6) is 1.01. The summed E-state index contributed by atoms with van der Waals surface area (Å²) in [5, 5.41) is 3.58. The fourth-order valence-corrected chi connectivity index (χ4v) is 2.16. The van der Waals surface area contributed by atoms with Gasteiger partial charge in [-0.15, -0.1) is 0 Å². The Bertz CT molecular complexity index is 319. The van der Waals surface area contributed by atoms with E-state index in [1.807, 2.05) is 6.07 Å². The van der Waals surface area contributed by atoms with Crippen molar-refractivity contribution >= 4 is 15.9 Å². The minimum atomic E-state index is 0.190. The summed E-state index contributed by atoms with van der Waals surface area (Å²) < 4.78 is 6.66. The Morgan fingerprint density at radius 3 is 2.56 bits per heavy atom. The van der Waals surface area contributed by atoms with Crippen molar-refractivity contribution < 1.29 is 4.42 Å². The van der Waals surface area contributed by atoms with Crippen LogP contribution in [0.4, 0.5) is 0 Å². The van der Waals surface area contributed by atoms with Crippen molar-refractivity contribution in [2.75, 3.05) is 6.54 Å². The molecular weight excluding hydrogens is 266 g/mol. The lowest BCUT2D eigenvalue weighted by Gasteiger charge is -2.33.